The SMILES string of the molecule is CCCOc1ccc(C(=O)NNC(=O)COc2ccc(C(C)C)cc2)cc1. The van der Waals surface area contributed by atoms with E-state index in [1.165, 1.54) is 5.56 Å². The number of hydrogen-bond donors (Lipinski definition) is 2. The summed E-state index contributed by atoms with van der Waals surface area (Å²) in [5, 5.41) is 0. The van der Waals surface area contributed by atoms with Crippen LogP contribution in [-0.2, 0) is 4.79 Å². The Morgan fingerprint density at radius 1 is 0.889 bits per heavy atom. The highest BCUT2D eigenvalue weighted by Gasteiger charge is 2.08. The lowest BCUT2D eigenvalue weighted by Crippen LogP contribution is -2.43. The van der Waals surface area contributed by atoms with Gasteiger partial charge in [-0.25, -0.2) is 0 Å². The van der Waals surface area contributed by atoms with Crippen molar-refractivity contribution in [2.45, 2.75) is 33.1 Å². The van der Waals surface area contributed by atoms with Gasteiger partial charge < -0.3 is 9.47 Å². The molecule has 0 atom stereocenters. The fourth-order valence-corrected chi connectivity index (χ4v) is 2.26. The molecule has 0 aromatic heterocycles. The normalized spacial score (nSPS) is 10.4. The molecule has 0 spiro atoms. The maximum Gasteiger partial charge on any atom is 0.276 e. The van der Waals surface area contributed by atoms with Gasteiger partial charge in [0.05, 0.1) is 6.61 Å². The van der Waals surface area contributed by atoms with Crippen molar-refractivity contribution in [3.8, 4) is 11.5 Å². The van der Waals surface area contributed by atoms with E-state index in [0.717, 1.165) is 6.42 Å². The summed E-state index contributed by atoms with van der Waals surface area (Å²) in [5.74, 6) is 0.883. The highest BCUT2D eigenvalue weighted by Crippen LogP contribution is 2.18. The van der Waals surface area contributed by atoms with Crippen LogP contribution in [-0.4, -0.2) is 25.0 Å². The molecule has 0 bridgehead atoms. The smallest absolute Gasteiger partial charge is 0.276 e. The van der Waals surface area contributed by atoms with Crippen LogP contribution in [0.4, 0.5) is 0 Å². The molecule has 0 aliphatic carbocycles. The summed E-state index contributed by atoms with van der Waals surface area (Å²) in [6.07, 6.45) is 0.915. The van der Waals surface area contributed by atoms with Crippen LogP contribution in [0.1, 0.15) is 49.0 Å². The zero-order chi connectivity index (χ0) is 19.6. The molecule has 0 heterocycles. The predicted molar refractivity (Wildman–Crippen MR) is 104 cm³/mol. The van der Waals surface area contributed by atoms with Crippen molar-refractivity contribution in [1.29, 1.82) is 0 Å². The van der Waals surface area contributed by atoms with Crippen molar-refractivity contribution < 1.29 is 19.1 Å². The topological polar surface area (TPSA) is 76.7 Å². The van der Waals surface area contributed by atoms with Crippen LogP contribution in [0.15, 0.2) is 48.5 Å². The first-order valence-corrected chi connectivity index (χ1v) is 9.04. The van der Waals surface area contributed by atoms with Gasteiger partial charge in [-0.2, -0.15) is 0 Å². The van der Waals surface area contributed by atoms with Crippen molar-refractivity contribution >= 4 is 11.8 Å². The number of ether oxygens (including phenoxy) is 2. The molecule has 2 aromatic carbocycles. The van der Waals surface area contributed by atoms with Crippen LogP contribution in [0.25, 0.3) is 0 Å². The maximum absolute atomic E-state index is 12.0. The second kappa shape index (κ2) is 10.2. The molecule has 27 heavy (non-hydrogen) atoms. The fraction of sp³-hybridized carbons (Fsp3) is 0.333. The summed E-state index contributed by atoms with van der Waals surface area (Å²) in [7, 11) is 0. The zero-order valence-corrected chi connectivity index (χ0v) is 16.0. The highest BCUT2D eigenvalue weighted by molar-refractivity contribution is 5.95. The van der Waals surface area contributed by atoms with E-state index in [9.17, 15) is 9.59 Å². The number of hydrogen-bond acceptors (Lipinski definition) is 4. The molecule has 0 radical (unpaired) electrons. The van der Waals surface area contributed by atoms with E-state index in [0.29, 0.717) is 29.6 Å². The lowest BCUT2D eigenvalue weighted by molar-refractivity contribution is -0.123. The molecule has 0 unspecified atom stereocenters. The molecule has 2 aromatic rings. The molecular weight excluding hydrogens is 344 g/mol. The maximum atomic E-state index is 12.0. The van der Waals surface area contributed by atoms with Crippen LogP contribution in [0.2, 0.25) is 0 Å². The minimum Gasteiger partial charge on any atom is -0.494 e. The number of nitrogens with one attached hydrogen (secondary N) is 2. The molecule has 0 fully saturated rings. The first-order valence-electron chi connectivity index (χ1n) is 9.04. The number of hydrazine groups is 1. The molecular formula is C21H26N2O4. The Balaban J connectivity index is 1.75. The molecule has 6 heteroatoms. The van der Waals surface area contributed by atoms with E-state index >= 15 is 0 Å². The number of carbonyl (C=O) groups is 2. The lowest BCUT2D eigenvalue weighted by atomic mass is 10.0. The van der Waals surface area contributed by atoms with Crippen LogP contribution in [0, 0.1) is 0 Å². The van der Waals surface area contributed by atoms with Gasteiger partial charge >= 0.3 is 0 Å². The summed E-state index contributed by atoms with van der Waals surface area (Å²) in [4.78, 5) is 23.9. The number of benzene rings is 2. The van der Waals surface area contributed by atoms with Gasteiger partial charge in [0.15, 0.2) is 6.61 Å². The summed E-state index contributed by atoms with van der Waals surface area (Å²) >= 11 is 0. The van der Waals surface area contributed by atoms with E-state index in [-0.39, 0.29) is 6.61 Å². The Hall–Kier alpha value is -3.02. The minimum absolute atomic E-state index is 0.189. The number of carbonyl (C=O) groups excluding carboxylic acids is 2. The molecule has 0 saturated heterocycles. The van der Waals surface area contributed by atoms with Crippen molar-refractivity contribution in [3.05, 3.63) is 59.7 Å². The molecule has 2 rings (SSSR count). The summed E-state index contributed by atoms with van der Waals surface area (Å²) in [6.45, 7) is 6.68. The third kappa shape index (κ3) is 6.66. The van der Waals surface area contributed by atoms with Crippen LogP contribution in [0.3, 0.4) is 0 Å². The van der Waals surface area contributed by atoms with Crippen molar-refractivity contribution in [2.75, 3.05) is 13.2 Å². The molecule has 2 amide bonds. The Bertz CT molecular complexity index is 740. The van der Waals surface area contributed by atoms with Gasteiger partial charge in [0.1, 0.15) is 11.5 Å². The van der Waals surface area contributed by atoms with Gasteiger partial charge in [-0.15, -0.1) is 0 Å². The average Bonchev–Trinajstić information content (AvgIpc) is 2.69. The molecule has 2 N–H and O–H groups in total. The molecule has 144 valence electrons. The van der Waals surface area contributed by atoms with Crippen molar-refractivity contribution in [2.24, 2.45) is 0 Å². The van der Waals surface area contributed by atoms with Crippen LogP contribution < -0.4 is 20.3 Å². The van der Waals surface area contributed by atoms with E-state index in [2.05, 4.69) is 24.7 Å². The quantitative estimate of drug-likeness (QED) is 0.698. The molecule has 0 aliphatic rings. The van der Waals surface area contributed by atoms with E-state index in [1.54, 1.807) is 24.3 Å². The minimum atomic E-state index is -0.445. The van der Waals surface area contributed by atoms with Gasteiger partial charge in [-0.3, -0.25) is 20.4 Å². The highest BCUT2D eigenvalue weighted by atomic mass is 16.5. The van der Waals surface area contributed by atoms with Crippen LogP contribution in [0.5, 0.6) is 11.5 Å². The van der Waals surface area contributed by atoms with Crippen molar-refractivity contribution in [3.63, 3.8) is 0 Å². The first kappa shape index (κ1) is 20.3. The Morgan fingerprint density at radius 3 is 2.07 bits per heavy atom. The van der Waals surface area contributed by atoms with E-state index < -0.39 is 11.8 Å². The second-order valence-corrected chi connectivity index (χ2v) is 6.39. The molecule has 0 saturated carbocycles. The van der Waals surface area contributed by atoms with Gasteiger partial charge in [-0.05, 0) is 54.3 Å². The summed E-state index contributed by atoms with van der Waals surface area (Å²) in [5.41, 5.74) is 6.32. The Kier molecular flexibility index (Phi) is 7.67. The van der Waals surface area contributed by atoms with Gasteiger partial charge in [0.25, 0.3) is 11.8 Å². The Labute approximate surface area is 159 Å². The van der Waals surface area contributed by atoms with Gasteiger partial charge in [-0.1, -0.05) is 32.9 Å². The summed E-state index contributed by atoms with van der Waals surface area (Å²) < 4.78 is 10.9. The van der Waals surface area contributed by atoms with E-state index in [4.69, 9.17) is 9.47 Å². The van der Waals surface area contributed by atoms with E-state index in [1.807, 2.05) is 31.2 Å². The number of rotatable bonds is 8. The Morgan fingerprint density at radius 2 is 1.48 bits per heavy atom. The van der Waals surface area contributed by atoms with Crippen LogP contribution >= 0.6 is 0 Å². The third-order valence-corrected chi connectivity index (χ3v) is 3.82. The van der Waals surface area contributed by atoms with Gasteiger partial charge in [0.2, 0.25) is 0 Å². The predicted octanol–water partition coefficient (Wildman–Crippen LogP) is 3.44. The standard InChI is InChI=1S/C21H26N2O4/c1-4-13-26-18-11-7-17(8-12-18)21(25)23-22-20(24)14-27-19-9-5-16(6-10-19)15(2)3/h5-12,15H,4,13-14H2,1-3H3,(H,22,24)(H,23,25). The number of amides is 2. The third-order valence-electron chi connectivity index (χ3n) is 3.82. The first-order chi connectivity index (χ1) is 13.0. The summed E-state index contributed by atoms with van der Waals surface area (Å²) in [6, 6.07) is 14.3. The van der Waals surface area contributed by atoms with Gasteiger partial charge in [0, 0.05) is 5.56 Å². The lowest BCUT2D eigenvalue weighted by Gasteiger charge is -2.10. The molecule has 6 nitrogen and oxygen atoms in total. The molecule has 0 aliphatic heterocycles. The second-order valence-electron chi connectivity index (χ2n) is 6.39. The van der Waals surface area contributed by atoms with Crippen molar-refractivity contribution in [1.82, 2.24) is 10.9 Å². The zero-order valence-electron chi connectivity index (χ0n) is 16.0. The monoisotopic (exact) mass is 370 g/mol. The average molecular weight is 370 g/mol. The largest absolute Gasteiger partial charge is 0.494 e. The fourth-order valence-electron chi connectivity index (χ4n) is 2.26.